The Balaban J connectivity index is 2.55. The number of hydrogen-bond donors (Lipinski definition) is 1. The van der Waals surface area contributed by atoms with Crippen LogP contribution in [-0.2, 0) is 10.8 Å². The molecule has 92 valence electrons. The first-order valence-corrected chi connectivity index (χ1v) is 7.74. The predicted octanol–water partition coefficient (Wildman–Crippen LogP) is 2.32. The lowest BCUT2D eigenvalue weighted by Crippen LogP contribution is -2.15. The molecule has 2 aromatic rings. The Morgan fingerprint density at radius 1 is 1.59 bits per heavy atom. The predicted molar refractivity (Wildman–Crippen MR) is 75.5 cm³/mol. The smallest absolute Gasteiger partial charge is 0.201 e. The second-order valence-electron chi connectivity index (χ2n) is 4.06. The van der Waals surface area contributed by atoms with Gasteiger partial charge in [-0.2, -0.15) is 0 Å². The van der Waals surface area contributed by atoms with Gasteiger partial charge in [0.15, 0.2) is 0 Å². The van der Waals surface area contributed by atoms with Crippen LogP contribution >= 0.6 is 15.9 Å². The summed E-state index contributed by atoms with van der Waals surface area (Å²) >= 11 is 3.43. The summed E-state index contributed by atoms with van der Waals surface area (Å²) in [6.45, 7) is 2.00. The van der Waals surface area contributed by atoms with Crippen molar-refractivity contribution in [2.75, 3.05) is 17.7 Å². The second-order valence-corrected chi connectivity index (χ2v) is 6.46. The van der Waals surface area contributed by atoms with Crippen LogP contribution in [0.5, 0.6) is 0 Å². The summed E-state index contributed by atoms with van der Waals surface area (Å²) in [6, 6.07) is 5.90. The summed E-state index contributed by atoms with van der Waals surface area (Å²) < 4.78 is 14.2. The number of nitrogens with two attached hydrogens (primary N) is 1. The first-order chi connectivity index (χ1) is 7.99. The minimum Gasteiger partial charge on any atom is -0.369 e. The molecule has 0 aliphatic carbocycles. The van der Waals surface area contributed by atoms with E-state index in [0.717, 1.165) is 15.5 Å². The molecule has 0 radical (unpaired) electrons. The third-order valence-corrected chi connectivity index (χ3v) is 4.04. The third kappa shape index (κ3) is 2.52. The van der Waals surface area contributed by atoms with Gasteiger partial charge in [-0.15, -0.1) is 0 Å². The normalized spacial score (nSPS) is 15.0. The Morgan fingerprint density at radius 3 is 2.94 bits per heavy atom. The Hall–Kier alpha value is -0.880. The van der Waals surface area contributed by atoms with E-state index < -0.39 is 10.8 Å². The van der Waals surface area contributed by atoms with E-state index in [2.05, 4.69) is 20.9 Å². The van der Waals surface area contributed by atoms with Crippen LogP contribution in [0.1, 0.15) is 13.0 Å². The molecule has 0 spiro atoms. The number of nitrogen functional groups attached to an aromatic ring is 1. The maximum absolute atomic E-state index is 11.3. The minimum atomic E-state index is -0.853. The fraction of sp³-hybridized carbons (Fsp3) is 0.364. The van der Waals surface area contributed by atoms with Crippen molar-refractivity contribution in [1.82, 2.24) is 9.55 Å². The van der Waals surface area contributed by atoms with E-state index in [9.17, 15) is 4.21 Å². The third-order valence-electron chi connectivity index (χ3n) is 2.60. The second kappa shape index (κ2) is 4.78. The highest BCUT2D eigenvalue weighted by Gasteiger charge is 2.15. The van der Waals surface area contributed by atoms with Gasteiger partial charge < -0.3 is 10.3 Å². The van der Waals surface area contributed by atoms with E-state index in [1.54, 1.807) is 6.26 Å². The number of anilines is 1. The lowest BCUT2D eigenvalue weighted by Gasteiger charge is -2.14. The van der Waals surface area contributed by atoms with Gasteiger partial charge in [0.1, 0.15) is 0 Å². The molecular formula is C11H14BrN3OS. The van der Waals surface area contributed by atoms with Crippen molar-refractivity contribution in [2.24, 2.45) is 0 Å². The SMILES string of the molecule is CC(CS(C)=O)n1c(N)nc2ccc(Br)cc21. The molecule has 2 atom stereocenters. The van der Waals surface area contributed by atoms with E-state index in [1.165, 1.54) is 0 Å². The van der Waals surface area contributed by atoms with Crippen molar-refractivity contribution in [2.45, 2.75) is 13.0 Å². The Bertz CT molecular complexity index is 581. The van der Waals surface area contributed by atoms with Gasteiger partial charge in [-0.05, 0) is 25.1 Å². The van der Waals surface area contributed by atoms with Crippen LogP contribution in [0.4, 0.5) is 5.95 Å². The zero-order valence-corrected chi connectivity index (χ0v) is 12.1. The van der Waals surface area contributed by atoms with Crippen molar-refractivity contribution in [1.29, 1.82) is 0 Å². The molecule has 1 aromatic heterocycles. The average Bonchev–Trinajstić information content (AvgIpc) is 2.52. The summed E-state index contributed by atoms with van der Waals surface area (Å²) in [5, 5.41) is 0. The van der Waals surface area contributed by atoms with Gasteiger partial charge in [0, 0.05) is 33.3 Å². The molecule has 0 saturated carbocycles. The number of imidazole rings is 1. The van der Waals surface area contributed by atoms with Gasteiger partial charge >= 0.3 is 0 Å². The molecule has 1 aromatic carbocycles. The molecule has 1 heterocycles. The quantitative estimate of drug-likeness (QED) is 0.945. The zero-order valence-electron chi connectivity index (χ0n) is 9.68. The highest BCUT2D eigenvalue weighted by molar-refractivity contribution is 9.10. The van der Waals surface area contributed by atoms with Crippen LogP contribution in [0, 0.1) is 0 Å². The highest BCUT2D eigenvalue weighted by atomic mass is 79.9. The summed E-state index contributed by atoms with van der Waals surface area (Å²) in [5.41, 5.74) is 7.75. The highest BCUT2D eigenvalue weighted by Crippen LogP contribution is 2.25. The zero-order chi connectivity index (χ0) is 12.6. The molecule has 2 unspecified atom stereocenters. The number of fused-ring (bicyclic) bond motifs is 1. The van der Waals surface area contributed by atoms with E-state index in [4.69, 9.17) is 5.73 Å². The molecule has 2 rings (SSSR count). The summed E-state index contributed by atoms with van der Waals surface area (Å²) in [5.74, 6) is 1.04. The molecule has 0 aliphatic rings. The van der Waals surface area contributed by atoms with Gasteiger partial charge in [0.05, 0.1) is 11.0 Å². The number of halogens is 1. The maximum atomic E-state index is 11.3. The van der Waals surface area contributed by atoms with E-state index in [0.29, 0.717) is 11.7 Å². The van der Waals surface area contributed by atoms with Gasteiger partial charge in [0.2, 0.25) is 5.95 Å². The largest absolute Gasteiger partial charge is 0.369 e. The first kappa shape index (κ1) is 12.6. The Kier molecular flexibility index (Phi) is 3.53. The molecule has 0 saturated heterocycles. The molecule has 0 aliphatic heterocycles. The number of benzene rings is 1. The van der Waals surface area contributed by atoms with Crippen LogP contribution in [0.25, 0.3) is 11.0 Å². The number of nitrogens with zero attached hydrogens (tertiary/aromatic N) is 2. The standard InChI is InChI=1S/C11H14BrN3OS/c1-7(6-17(2)16)15-10-5-8(12)3-4-9(10)14-11(15)13/h3-5,7H,6H2,1-2H3,(H2,13,14). The average molecular weight is 316 g/mol. The number of aromatic nitrogens is 2. The lowest BCUT2D eigenvalue weighted by atomic mass is 10.3. The summed E-state index contributed by atoms with van der Waals surface area (Å²) in [4.78, 5) is 4.30. The van der Waals surface area contributed by atoms with Crippen LogP contribution in [-0.4, -0.2) is 25.8 Å². The van der Waals surface area contributed by atoms with E-state index >= 15 is 0 Å². The van der Waals surface area contributed by atoms with Gasteiger partial charge in [-0.25, -0.2) is 4.98 Å². The molecule has 0 bridgehead atoms. The fourth-order valence-corrected chi connectivity index (χ4v) is 3.14. The van der Waals surface area contributed by atoms with Crippen LogP contribution < -0.4 is 5.73 Å². The van der Waals surface area contributed by atoms with Gasteiger partial charge in [-0.3, -0.25) is 4.21 Å². The molecular weight excluding hydrogens is 302 g/mol. The van der Waals surface area contributed by atoms with E-state index in [-0.39, 0.29) is 6.04 Å². The molecule has 17 heavy (non-hydrogen) atoms. The van der Waals surface area contributed by atoms with Gasteiger partial charge in [-0.1, -0.05) is 15.9 Å². The molecule has 0 fully saturated rings. The molecule has 2 N–H and O–H groups in total. The molecule has 4 nitrogen and oxygen atoms in total. The molecule has 6 heteroatoms. The minimum absolute atomic E-state index is 0.0696. The van der Waals surface area contributed by atoms with Crippen molar-refractivity contribution >= 4 is 43.7 Å². The van der Waals surface area contributed by atoms with Gasteiger partial charge in [0.25, 0.3) is 0 Å². The number of rotatable bonds is 3. The van der Waals surface area contributed by atoms with Crippen LogP contribution in [0.3, 0.4) is 0 Å². The van der Waals surface area contributed by atoms with Crippen LogP contribution in [0.15, 0.2) is 22.7 Å². The van der Waals surface area contributed by atoms with Crippen molar-refractivity contribution in [3.63, 3.8) is 0 Å². The Morgan fingerprint density at radius 2 is 2.29 bits per heavy atom. The Labute approximate surface area is 111 Å². The van der Waals surface area contributed by atoms with E-state index in [1.807, 2.05) is 29.7 Å². The topological polar surface area (TPSA) is 60.9 Å². The monoisotopic (exact) mass is 315 g/mol. The van der Waals surface area contributed by atoms with Crippen LogP contribution in [0.2, 0.25) is 0 Å². The maximum Gasteiger partial charge on any atom is 0.201 e. The van der Waals surface area contributed by atoms with Crippen molar-refractivity contribution < 1.29 is 4.21 Å². The first-order valence-electron chi connectivity index (χ1n) is 5.22. The van der Waals surface area contributed by atoms with Crippen molar-refractivity contribution in [3.8, 4) is 0 Å². The summed E-state index contributed by atoms with van der Waals surface area (Å²) in [6.07, 6.45) is 1.70. The lowest BCUT2D eigenvalue weighted by molar-refractivity contribution is 0.619. The molecule has 0 amide bonds. The van der Waals surface area contributed by atoms with Crippen molar-refractivity contribution in [3.05, 3.63) is 22.7 Å². The number of hydrogen-bond acceptors (Lipinski definition) is 3. The fourth-order valence-electron chi connectivity index (χ4n) is 1.96. The summed E-state index contributed by atoms with van der Waals surface area (Å²) in [7, 11) is -0.853.